The van der Waals surface area contributed by atoms with Crippen LogP contribution >= 0.6 is 23.5 Å². The van der Waals surface area contributed by atoms with Crippen molar-refractivity contribution in [2.24, 2.45) is 0 Å². The average Bonchev–Trinajstić information content (AvgIpc) is 3.11. The molecule has 0 atom stereocenters. The third-order valence-electron chi connectivity index (χ3n) is 4.06. The van der Waals surface area contributed by atoms with Crippen LogP contribution in [0, 0.1) is 6.92 Å². The highest BCUT2D eigenvalue weighted by molar-refractivity contribution is 7.99. The Balaban J connectivity index is 1.44. The van der Waals surface area contributed by atoms with Gasteiger partial charge in [0.15, 0.2) is 5.82 Å². The van der Waals surface area contributed by atoms with Crippen LogP contribution in [0.2, 0.25) is 0 Å². The maximum absolute atomic E-state index is 12.1. The summed E-state index contributed by atoms with van der Waals surface area (Å²) in [5, 5.41) is 11.6. The zero-order valence-electron chi connectivity index (χ0n) is 16.3. The van der Waals surface area contributed by atoms with Gasteiger partial charge in [0.05, 0.1) is 12.9 Å². The highest BCUT2D eigenvalue weighted by atomic mass is 32.2. The number of amides is 1. The van der Waals surface area contributed by atoms with Crippen molar-refractivity contribution in [3.63, 3.8) is 0 Å². The summed E-state index contributed by atoms with van der Waals surface area (Å²) >= 11 is 2.97. The molecule has 3 rings (SSSR count). The van der Waals surface area contributed by atoms with Crippen LogP contribution in [0.1, 0.15) is 5.56 Å². The summed E-state index contributed by atoms with van der Waals surface area (Å²) in [7, 11) is 1.61. The predicted molar refractivity (Wildman–Crippen MR) is 118 cm³/mol. The number of aryl methyl sites for hydroxylation is 1. The summed E-state index contributed by atoms with van der Waals surface area (Å²) in [6.07, 6.45) is 0. The van der Waals surface area contributed by atoms with E-state index in [1.54, 1.807) is 18.9 Å². The molecule has 0 aliphatic rings. The fourth-order valence-corrected chi connectivity index (χ4v) is 3.94. The van der Waals surface area contributed by atoms with Crippen molar-refractivity contribution >= 4 is 29.4 Å². The molecule has 0 saturated heterocycles. The molecular weight excluding hydrogens is 406 g/mol. The van der Waals surface area contributed by atoms with Gasteiger partial charge in [0.2, 0.25) is 11.1 Å². The SMILES string of the molecule is COc1ccc(-c2nnc(SCC(=O)NCCSc3ccc(C)cc3)n2N)cc1. The van der Waals surface area contributed by atoms with Crippen LogP contribution in [-0.2, 0) is 4.79 Å². The number of hydrogen-bond acceptors (Lipinski definition) is 7. The van der Waals surface area contributed by atoms with E-state index in [9.17, 15) is 4.79 Å². The highest BCUT2D eigenvalue weighted by Crippen LogP contribution is 2.23. The maximum Gasteiger partial charge on any atom is 0.230 e. The number of thioether (sulfide) groups is 2. The Morgan fingerprint density at radius 1 is 1.10 bits per heavy atom. The first-order chi connectivity index (χ1) is 14.1. The summed E-state index contributed by atoms with van der Waals surface area (Å²) in [5.41, 5.74) is 2.06. The number of nitrogens with zero attached hydrogens (tertiary/aromatic N) is 3. The van der Waals surface area contributed by atoms with Crippen molar-refractivity contribution in [2.45, 2.75) is 17.0 Å². The molecule has 1 amide bonds. The van der Waals surface area contributed by atoms with Crippen molar-refractivity contribution in [1.82, 2.24) is 20.2 Å². The lowest BCUT2D eigenvalue weighted by Gasteiger charge is -2.06. The van der Waals surface area contributed by atoms with E-state index in [4.69, 9.17) is 10.6 Å². The van der Waals surface area contributed by atoms with Gasteiger partial charge in [-0.25, -0.2) is 4.68 Å². The van der Waals surface area contributed by atoms with E-state index in [0.29, 0.717) is 17.5 Å². The third kappa shape index (κ3) is 5.91. The number of benzene rings is 2. The summed E-state index contributed by atoms with van der Waals surface area (Å²) in [5.74, 6) is 8.36. The van der Waals surface area contributed by atoms with Crippen molar-refractivity contribution in [1.29, 1.82) is 0 Å². The number of nitrogen functional groups attached to an aromatic ring is 1. The molecule has 3 aromatic rings. The van der Waals surface area contributed by atoms with Crippen LogP contribution < -0.4 is 15.9 Å². The predicted octanol–water partition coefficient (Wildman–Crippen LogP) is 2.98. The second-order valence-electron chi connectivity index (χ2n) is 6.20. The Bertz CT molecular complexity index is 943. The van der Waals surface area contributed by atoms with E-state index in [0.717, 1.165) is 17.1 Å². The molecule has 9 heteroatoms. The molecule has 0 spiro atoms. The van der Waals surface area contributed by atoms with Crippen molar-refractivity contribution in [3.05, 3.63) is 54.1 Å². The number of carbonyl (C=O) groups is 1. The van der Waals surface area contributed by atoms with Crippen molar-refractivity contribution < 1.29 is 9.53 Å². The second-order valence-corrected chi connectivity index (χ2v) is 8.32. The van der Waals surface area contributed by atoms with E-state index >= 15 is 0 Å². The molecule has 7 nitrogen and oxygen atoms in total. The first-order valence-electron chi connectivity index (χ1n) is 9.00. The molecule has 2 aromatic carbocycles. The zero-order chi connectivity index (χ0) is 20.6. The molecule has 0 unspecified atom stereocenters. The minimum Gasteiger partial charge on any atom is -0.497 e. The quantitative estimate of drug-likeness (QED) is 0.307. The van der Waals surface area contributed by atoms with Gasteiger partial charge in [-0.05, 0) is 43.3 Å². The second kappa shape index (κ2) is 10.2. The van der Waals surface area contributed by atoms with Gasteiger partial charge in [-0.3, -0.25) is 4.79 Å². The Hall–Kier alpha value is -2.65. The summed E-state index contributed by atoms with van der Waals surface area (Å²) < 4.78 is 6.55. The Labute approximate surface area is 178 Å². The van der Waals surface area contributed by atoms with Crippen LogP contribution in [0.4, 0.5) is 0 Å². The number of methoxy groups -OCH3 is 1. The van der Waals surface area contributed by atoms with Crippen LogP contribution in [0.5, 0.6) is 5.75 Å². The monoisotopic (exact) mass is 429 g/mol. The maximum atomic E-state index is 12.1. The minimum atomic E-state index is -0.0616. The van der Waals surface area contributed by atoms with E-state index < -0.39 is 0 Å². The number of aromatic nitrogens is 3. The lowest BCUT2D eigenvalue weighted by molar-refractivity contribution is -0.118. The molecule has 29 heavy (non-hydrogen) atoms. The van der Waals surface area contributed by atoms with E-state index in [1.165, 1.54) is 26.9 Å². The summed E-state index contributed by atoms with van der Waals surface area (Å²) in [4.78, 5) is 13.3. The number of rotatable bonds is 9. The highest BCUT2D eigenvalue weighted by Gasteiger charge is 2.13. The first kappa shape index (κ1) is 21.1. The fraction of sp³-hybridized carbons (Fsp3) is 0.250. The van der Waals surface area contributed by atoms with E-state index in [-0.39, 0.29) is 11.7 Å². The van der Waals surface area contributed by atoms with Crippen molar-refractivity contribution in [2.75, 3.05) is 31.0 Å². The van der Waals surface area contributed by atoms with Gasteiger partial charge >= 0.3 is 0 Å². The number of ether oxygens (including phenoxy) is 1. The Morgan fingerprint density at radius 2 is 1.83 bits per heavy atom. The average molecular weight is 430 g/mol. The summed E-state index contributed by atoms with van der Waals surface area (Å²) in [6.45, 7) is 2.67. The number of nitrogens with one attached hydrogen (secondary N) is 1. The number of hydrogen-bond donors (Lipinski definition) is 2. The first-order valence-corrected chi connectivity index (χ1v) is 11.0. The molecule has 1 aromatic heterocycles. The Kier molecular flexibility index (Phi) is 7.42. The van der Waals surface area contributed by atoms with Crippen LogP contribution in [0.3, 0.4) is 0 Å². The van der Waals surface area contributed by atoms with Gasteiger partial charge in [0, 0.05) is 22.8 Å². The van der Waals surface area contributed by atoms with Crippen LogP contribution in [0.15, 0.2) is 58.6 Å². The molecule has 0 aliphatic carbocycles. The molecule has 3 N–H and O–H groups in total. The molecule has 0 aliphatic heterocycles. The molecule has 152 valence electrons. The normalized spacial score (nSPS) is 10.7. The molecule has 0 fully saturated rings. The van der Waals surface area contributed by atoms with Gasteiger partial charge in [0.1, 0.15) is 5.75 Å². The van der Waals surface area contributed by atoms with Crippen molar-refractivity contribution in [3.8, 4) is 17.1 Å². The molecule has 1 heterocycles. The summed E-state index contributed by atoms with van der Waals surface area (Å²) in [6, 6.07) is 15.7. The van der Waals surface area contributed by atoms with E-state index in [2.05, 4.69) is 46.7 Å². The third-order valence-corrected chi connectivity index (χ3v) is 6.02. The van der Waals surface area contributed by atoms with Gasteiger partial charge in [-0.15, -0.1) is 22.0 Å². The molecule has 0 radical (unpaired) electrons. The van der Waals surface area contributed by atoms with Gasteiger partial charge in [-0.2, -0.15) is 0 Å². The zero-order valence-corrected chi connectivity index (χ0v) is 17.9. The standard InChI is InChI=1S/C20H23N5O2S2/c1-14-3-9-17(10-4-14)28-12-11-22-18(26)13-29-20-24-23-19(25(20)21)15-5-7-16(27-2)8-6-15/h3-10H,11-13,21H2,1-2H3,(H,22,26). The van der Waals surface area contributed by atoms with E-state index in [1.807, 2.05) is 24.3 Å². The van der Waals surface area contributed by atoms with Gasteiger partial charge < -0.3 is 15.9 Å². The topological polar surface area (TPSA) is 95.1 Å². The fourth-order valence-electron chi connectivity index (χ4n) is 2.49. The number of carbonyl (C=O) groups excluding carboxylic acids is 1. The largest absolute Gasteiger partial charge is 0.497 e. The lowest BCUT2D eigenvalue weighted by atomic mass is 10.2. The smallest absolute Gasteiger partial charge is 0.230 e. The molecule has 0 bridgehead atoms. The Morgan fingerprint density at radius 3 is 2.52 bits per heavy atom. The van der Waals surface area contributed by atoms with Gasteiger partial charge in [-0.1, -0.05) is 29.5 Å². The molecule has 0 saturated carbocycles. The minimum absolute atomic E-state index is 0.0616. The van der Waals surface area contributed by atoms with Gasteiger partial charge in [0.25, 0.3) is 0 Å². The number of nitrogens with two attached hydrogens (primary N) is 1. The van der Waals surface area contributed by atoms with Crippen LogP contribution in [0.25, 0.3) is 11.4 Å². The lowest BCUT2D eigenvalue weighted by Crippen LogP contribution is -2.27. The van der Waals surface area contributed by atoms with Crippen LogP contribution in [-0.4, -0.2) is 45.9 Å². The molecular formula is C20H23N5O2S2.